The van der Waals surface area contributed by atoms with Crippen molar-refractivity contribution in [3.8, 4) is 0 Å². The number of ether oxygens (including phenoxy) is 1. The lowest BCUT2D eigenvalue weighted by molar-refractivity contribution is -0.149. The molecule has 1 aromatic heterocycles. The van der Waals surface area contributed by atoms with Gasteiger partial charge in [0, 0.05) is 35.7 Å². The van der Waals surface area contributed by atoms with Gasteiger partial charge in [0.15, 0.2) is 0 Å². The van der Waals surface area contributed by atoms with Crippen molar-refractivity contribution >= 4 is 28.5 Å². The molecule has 0 aliphatic carbocycles. The summed E-state index contributed by atoms with van der Waals surface area (Å²) in [6, 6.07) is 14.5. The number of rotatable bonds is 4. The number of fused-ring (bicyclic) bond motifs is 1. The molecule has 6 nitrogen and oxygen atoms in total. The molecule has 1 aliphatic heterocycles. The lowest BCUT2D eigenvalue weighted by Crippen LogP contribution is -2.26. The van der Waals surface area contributed by atoms with Gasteiger partial charge < -0.3 is 14.1 Å². The summed E-state index contributed by atoms with van der Waals surface area (Å²) in [5, 5.41) is 0.729. The Bertz CT molecular complexity index is 1150. The standard InChI is InChI=1S/C23H21NO5/c1-14-3-6-18(7-4-14)24-12-16(10-21(24)25)23(27)28-13-17-11-22(26)29-20-9-15(2)5-8-19(17)20/h3-9,11,16H,10,12-13H2,1-2H3. The third-order valence-corrected chi connectivity index (χ3v) is 5.16. The van der Waals surface area contributed by atoms with Gasteiger partial charge in [-0.1, -0.05) is 29.8 Å². The smallest absolute Gasteiger partial charge is 0.336 e. The summed E-state index contributed by atoms with van der Waals surface area (Å²) >= 11 is 0. The van der Waals surface area contributed by atoms with Gasteiger partial charge in [-0.15, -0.1) is 0 Å². The number of nitrogens with zero attached hydrogens (tertiary/aromatic N) is 1. The molecule has 1 saturated heterocycles. The summed E-state index contributed by atoms with van der Waals surface area (Å²) in [6.07, 6.45) is 0.115. The van der Waals surface area contributed by atoms with E-state index >= 15 is 0 Å². The Labute approximate surface area is 167 Å². The first-order valence-electron chi connectivity index (χ1n) is 9.48. The minimum absolute atomic E-state index is 0.0424. The summed E-state index contributed by atoms with van der Waals surface area (Å²) in [6.45, 7) is 4.13. The zero-order valence-corrected chi connectivity index (χ0v) is 16.3. The number of carbonyl (C=O) groups is 2. The van der Waals surface area contributed by atoms with Gasteiger partial charge in [-0.05, 0) is 37.6 Å². The largest absolute Gasteiger partial charge is 0.461 e. The van der Waals surface area contributed by atoms with Crippen LogP contribution in [0.5, 0.6) is 0 Å². The van der Waals surface area contributed by atoms with Crippen LogP contribution in [0.25, 0.3) is 11.0 Å². The second-order valence-electron chi connectivity index (χ2n) is 7.44. The Kier molecular flexibility index (Phi) is 4.92. The molecule has 4 rings (SSSR count). The average molecular weight is 391 g/mol. The molecule has 0 N–H and O–H groups in total. The van der Waals surface area contributed by atoms with Crippen molar-refractivity contribution in [1.82, 2.24) is 0 Å². The normalized spacial score (nSPS) is 16.4. The molecule has 1 atom stereocenters. The second kappa shape index (κ2) is 7.54. The summed E-state index contributed by atoms with van der Waals surface area (Å²) in [5.41, 5.74) is 3.41. The first-order valence-corrected chi connectivity index (χ1v) is 9.48. The van der Waals surface area contributed by atoms with E-state index in [9.17, 15) is 14.4 Å². The van der Waals surface area contributed by atoms with Crippen molar-refractivity contribution in [2.45, 2.75) is 26.9 Å². The molecule has 0 saturated carbocycles. The fourth-order valence-corrected chi connectivity index (χ4v) is 3.56. The molecule has 1 amide bonds. The van der Waals surface area contributed by atoms with Crippen LogP contribution in [-0.4, -0.2) is 18.4 Å². The molecule has 0 radical (unpaired) electrons. The molecule has 3 aromatic rings. The van der Waals surface area contributed by atoms with Gasteiger partial charge in [-0.25, -0.2) is 4.79 Å². The molecule has 1 fully saturated rings. The minimum Gasteiger partial charge on any atom is -0.461 e. The predicted octanol–water partition coefficient (Wildman–Crippen LogP) is 3.51. The molecule has 0 bridgehead atoms. The Balaban J connectivity index is 1.47. The van der Waals surface area contributed by atoms with Gasteiger partial charge in [0.05, 0.1) is 5.92 Å². The van der Waals surface area contributed by atoms with Gasteiger partial charge >= 0.3 is 11.6 Å². The number of anilines is 1. The Hall–Kier alpha value is -3.41. The SMILES string of the molecule is Cc1ccc(N2CC(C(=O)OCc3cc(=O)oc4cc(C)ccc34)CC2=O)cc1. The van der Waals surface area contributed by atoms with E-state index < -0.39 is 17.5 Å². The van der Waals surface area contributed by atoms with Gasteiger partial charge in [0.2, 0.25) is 5.91 Å². The Morgan fingerprint density at radius 2 is 1.79 bits per heavy atom. The highest BCUT2D eigenvalue weighted by Gasteiger charge is 2.36. The number of carbonyl (C=O) groups excluding carboxylic acids is 2. The van der Waals surface area contributed by atoms with Crippen LogP contribution in [-0.2, 0) is 20.9 Å². The van der Waals surface area contributed by atoms with Gasteiger partial charge in [-0.3, -0.25) is 9.59 Å². The lowest BCUT2D eigenvalue weighted by atomic mass is 10.1. The van der Waals surface area contributed by atoms with E-state index in [1.54, 1.807) is 11.0 Å². The zero-order chi connectivity index (χ0) is 20.5. The summed E-state index contributed by atoms with van der Waals surface area (Å²) in [4.78, 5) is 38.4. The minimum atomic E-state index is -0.530. The van der Waals surface area contributed by atoms with Crippen molar-refractivity contribution < 1.29 is 18.7 Å². The van der Waals surface area contributed by atoms with Crippen LogP contribution in [0.4, 0.5) is 5.69 Å². The number of hydrogen-bond donors (Lipinski definition) is 0. The number of hydrogen-bond acceptors (Lipinski definition) is 5. The van der Waals surface area contributed by atoms with E-state index in [1.165, 1.54) is 6.07 Å². The first kappa shape index (κ1) is 18.9. The van der Waals surface area contributed by atoms with Crippen molar-refractivity contribution in [3.05, 3.63) is 75.6 Å². The molecule has 6 heteroatoms. The molecular formula is C23H21NO5. The summed E-state index contributed by atoms with van der Waals surface area (Å²) < 4.78 is 10.7. The van der Waals surface area contributed by atoms with Crippen molar-refractivity contribution in [2.24, 2.45) is 5.92 Å². The highest BCUT2D eigenvalue weighted by atomic mass is 16.5. The van der Waals surface area contributed by atoms with Crippen molar-refractivity contribution in [3.63, 3.8) is 0 Å². The maximum Gasteiger partial charge on any atom is 0.336 e. The van der Waals surface area contributed by atoms with Crippen LogP contribution in [0.3, 0.4) is 0 Å². The second-order valence-corrected chi connectivity index (χ2v) is 7.44. The lowest BCUT2D eigenvalue weighted by Gasteiger charge is -2.16. The fourth-order valence-electron chi connectivity index (χ4n) is 3.56. The monoisotopic (exact) mass is 391 g/mol. The van der Waals surface area contributed by atoms with Crippen molar-refractivity contribution in [1.29, 1.82) is 0 Å². The summed E-state index contributed by atoms with van der Waals surface area (Å²) in [5.74, 6) is -1.07. The quantitative estimate of drug-likeness (QED) is 0.502. The van der Waals surface area contributed by atoms with Crippen LogP contribution >= 0.6 is 0 Å². The average Bonchev–Trinajstić information content (AvgIpc) is 3.07. The van der Waals surface area contributed by atoms with E-state index in [1.807, 2.05) is 50.2 Å². The molecule has 0 spiro atoms. The first-order chi connectivity index (χ1) is 13.9. The molecule has 2 aromatic carbocycles. The fraction of sp³-hybridized carbons (Fsp3) is 0.261. The van der Waals surface area contributed by atoms with Crippen LogP contribution in [0.1, 0.15) is 23.1 Å². The van der Waals surface area contributed by atoms with Crippen LogP contribution in [0.2, 0.25) is 0 Å². The maximum absolute atomic E-state index is 12.6. The van der Waals surface area contributed by atoms with Crippen LogP contribution in [0, 0.1) is 19.8 Å². The third kappa shape index (κ3) is 3.92. The van der Waals surface area contributed by atoms with Crippen LogP contribution < -0.4 is 10.5 Å². The molecule has 148 valence electrons. The Morgan fingerprint density at radius 3 is 2.55 bits per heavy atom. The molecule has 2 heterocycles. The van der Waals surface area contributed by atoms with Crippen molar-refractivity contribution in [2.75, 3.05) is 11.4 Å². The molecule has 29 heavy (non-hydrogen) atoms. The molecular weight excluding hydrogens is 370 g/mol. The summed E-state index contributed by atoms with van der Waals surface area (Å²) in [7, 11) is 0. The predicted molar refractivity (Wildman–Crippen MR) is 109 cm³/mol. The van der Waals surface area contributed by atoms with E-state index in [-0.39, 0.29) is 25.5 Å². The third-order valence-electron chi connectivity index (χ3n) is 5.16. The van der Waals surface area contributed by atoms with E-state index in [0.29, 0.717) is 11.1 Å². The number of aryl methyl sites for hydroxylation is 2. The number of benzene rings is 2. The molecule has 1 unspecified atom stereocenters. The van der Waals surface area contributed by atoms with Gasteiger partial charge in [0.25, 0.3) is 0 Å². The highest BCUT2D eigenvalue weighted by molar-refractivity contribution is 5.99. The topological polar surface area (TPSA) is 76.8 Å². The van der Waals surface area contributed by atoms with Gasteiger partial charge in [-0.2, -0.15) is 0 Å². The van der Waals surface area contributed by atoms with E-state index in [2.05, 4.69) is 0 Å². The number of esters is 1. The van der Waals surface area contributed by atoms with Gasteiger partial charge in [0.1, 0.15) is 12.2 Å². The molecule has 1 aliphatic rings. The van der Waals surface area contributed by atoms with E-state index in [0.717, 1.165) is 22.2 Å². The zero-order valence-electron chi connectivity index (χ0n) is 16.3. The number of amides is 1. The Morgan fingerprint density at radius 1 is 1.07 bits per heavy atom. The highest BCUT2D eigenvalue weighted by Crippen LogP contribution is 2.27. The van der Waals surface area contributed by atoms with E-state index in [4.69, 9.17) is 9.15 Å². The maximum atomic E-state index is 12.6. The van der Waals surface area contributed by atoms with Crippen LogP contribution in [0.15, 0.2) is 57.7 Å².